The zero-order valence-corrected chi connectivity index (χ0v) is 16.3. The Morgan fingerprint density at radius 2 is 2.07 bits per heavy atom. The van der Waals surface area contributed by atoms with Crippen molar-refractivity contribution in [1.29, 1.82) is 0 Å². The highest BCUT2D eigenvalue weighted by molar-refractivity contribution is 5.76. The van der Waals surface area contributed by atoms with Crippen LogP contribution in [0.25, 0.3) is 0 Å². The van der Waals surface area contributed by atoms with Gasteiger partial charge in [-0.25, -0.2) is 4.79 Å². The summed E-state index contributed by atoms with van der Waals surface area (Å²) in [6.07, 6.45) is 0.982. The number of nitrogens with zero attached hydrogens (tertiary/aromatic N) is 5. The van der Waals surface area contributed by atoms with Gasteiger partial charge in [0.2, 0.25) is 5.91 Å². The van der Waals surface area contributed by atoms with E-state index < -0.39 is 0 Å². The lowest BCUT2D eigenvalue weighted by Gasteiger charge is -2.29. The first-order valence-electron chi connectivity index (χ1n) is 9.05. The molecule has 0 saturated heterocycles. The Morgan fingerprint density at radius 1 is 1.30 bits per heavy atom. The Labute approximate surface area is 158 Å². The number of hydrogen-bond acceptors (Lipinski definition) is 5. The van der Waals surface area contributed by atoms with Crippen LogP contribution in [0, 0.1) is 13.8 Å². The van der Waals surface area contributed by atoms with Gasteiger partial charge in [-0.1, -0.05) is 5.16 Å². The average Bonchev–Trinajstić information content (AvgIpc) is 3.19. The minimum Gasteiger partial charge on any atom is -0.361 e. The van der Waals surface area contributed by atoms with Crippen molar-refractivity contribution < 1.29 is 14.1 Å². The number of urea groups is 1. The van der Waals surface area contributed by atoms with Gasteiger partial charge in [-0.05, 0) is 26.3 Å². The van der Waals surface area contributed by atoms with Crippen LogP contribution in [0.5, 0.6) is 0 Å². The van der Waals surface area contributed by atoms with Crippen molar-refractivity contribution in [1.82, 2.24) is 30.1 Å². The van der Waals surface area contributed by atoms with Crippen LogP contribution in [-0.4, -0.2) is 57.3 Å². The molecule has 1 aliphatic rings. The molecule has 27 heavy (non-hydrogen) atoms. The summed E-state index contributed by atoms with van der Waals surface area (Å²) in [6, 6.07) is 1.94. The van der Waals surface area contributed by atoms with Gasteiger partial charge in [-0.15, -0.1) is 0 Å². The lowest BCUT2D eigenvalue weighted by Crippen LogP contribution is -2.43. The molecule has 2 aromatic rings. The van der Waals surface area contributed by atoms with E-state index in [9.17, 15) is 9.59 Å². The first-order valence-corrected chi connectivity index (χ1v) is 9.05. The number of aryl methyl sites for hydroxylation is 2. The second kappa shape index (κ2) is 7.81. The molecular weight excluding hydrogens is 348 g/mol. The van der Waals surface area contributed by atoms with Crippen molar-refractivity contribution in [3.8, 4) is 0 Å². The van der Waals surface area contributed by atoms with E-state index >= 15 is 0 Å². The third-order valence-electron chi connectivity index (χ3n) is 4.75. The topological polar surface area (TPSA) is 96.5 Å². The monoisotopic (exact) mass is 374 g/mol. The molecular formula is C18H26N6O3. The maximum atomic E-state index is 12.1. The van der Waals surface area contributed by atoms with Gasteiger partial charge in [-0.2, -0.15) is 5.10 Å². The molecule has 0 aromatic carbocycles. The number of carbonyl (C=O) groups excluding carboxylic acids is 2. The van der Waals surface area contributed by atoms with Gasteiger partial charge in [-0.3, -0.25) is 9.48 Å². The van der Waals surface area contributed by atoms with Crippen LogP contribution in [0.3, 0.4) is 0 Å². The third-order valence-corrected chi connectivity index (χ3v) is 4.75. The van der Waals surface area contributed by atoms with Crippen LogP contribution < -0.4 is 5.32 Å². The normalized spacial score (nSPS) is 13.4. The standard InChI is InChI=1S/C18H26N6O3/c1-12-16(13(2)27-21-12)5-6-17(25)19-10-14-9-15-11-23(18(26)22(3)4)7-8-24(15)20-14/h9H,5-8,10-11H2,1-4H3,(H,19,25). The van der Waals surface area contributed by atoms with Gasteiger partial charge in [0, 0.05) is 32.6 Å². The molecule has 2 aromatic heterocycles. The van der Waals surface area contributed by atoms with Crippen LogP contribution in [-0.2, 0) is 30.8 Å². The van der Waals surface area contributed by atoms with Crippen molar-refractivity contribution in [2.24, 2.45) is 0 Å². The largest absolute Gasteiger partial charge is 0.361 e. The van der Waals surface area contributed by atoms with E-state index in [4.69, 9.17) is 4.52 Å². The van der Waals surface area contributed by atoms with E-state index in [0.29, 0.717) is 39.0 Å². The fraction of sp³-hybridized carbons (Fsp3) is 0.556. The minimum atomic E-state index is -0.0367. The summed E-state index contributed by atoms with van der Waals surface area (Å²) >= 11 is 0. The van der Waals surface area contributed by atoms with E-state index in [1.54, 1.807) is 23.9 Å². The molecule has 0 fully saturated rings. The van der Waals surface area contributed by atoms with E-state index in [0.717, 1.165) is 28.4 Å². The van der Waals surface area contributed by atoms with Gasteiger partial charge in [0.05, 0.1) is 36.7 Å². The molecule has 0 spiro atoms. The summed E-state index contributed by atoms with van der Waals surface area (Å²) in [6.45, 7) is 5.94. The first kappa shape index (κ1) is 18.9. The zero-order valence-electron chi connectivity index (χ0n) is 16.3. The van der Waals surface area contributed by atoms with E-state index in [1.165, 1.54) is 0 Å². The van der Waals surface area contributed by atoms with E-state index in [1.807, 2.05) is 24.6 Å². The van der Waals surface area contributed by atoms with Crippen LogP contribution in [0.15, 0.2) is 10.6 Å². The van der Waals surface area contributed by atoms with Crippen molar-refractivity contribution in [3.05, 3.63) is 34.5 Å². The summed E-state index contributed by atoms with van der Waals surface area (Å²) in [7, 11) is 3.50. The Hall–Kier alpha value is -2.84. The predicted molar refractivity (Wildman–Crippen MR) is 97.9 cm³/mol. The number of carbonyl (C=O) groups is 2. The first-order chi connectivity index (χ1) is 12.8. The van der Waals surface area contributed by atoms with E-state index in [-0.39, 0.29) is 11.9 Å². The molecule has 1 aliphatic heterocycles. The van der Waals surface area contributed by atoms with Crippen molar-refractivity contribution >= 4 is 11.9 Å². The molecule has 3 heterocycles. The lowest BCUT2D eigenvalue weighted by molar-refractivity contribution is -0.121. The van der Waals surface area contributed by atoms with Gasteiger partial charge >= 0.3 is 6.03 Å². The van der Waals surface area contributed by atoms with E-state index in [2.05, 4.69) is 15.6 Å². The smallest absolute Gasteiger partial charge is 0.319 e. The molecule has 3 rings (SSSR count). The fourth-order valence-electron chi connectivity index (χ4n) is 3.23. The maximum absolute atomic E-state index is 12.1. The molecule has 0 saturated carbocycles. The highest BCUT2D eigenvalue weighted by Gasteiger charge is 2.23. The second-order valence-corrected chi connectivity index (χ2v) is 7.03. The van der Waals surface area contributed by atoms with Gasteiger partial charge in [0.15, 0.2) is 0 Å². The molecule has 0 bridgehead atoms. The lowest BCUT2D eigenvalue weighted by atomic mass is 10.1. The minimum absolute atomic E-state index is 0.00312. The number of rotatable bonds is 5. The highest BCUT2D eigenvalue weighted by Crippen LogP contribution is 2.16. The molecule has 0 radical (unpaired) electrons. The summed E-state index contributed by atoms with van der Waals surface area (Å²) in [5.74, 6) is 0.726. The molecule has 1 N–H and O–H groups in total. The third kappa shape index (κ3) is 4.29. The van der Waals surface area contributed by atoms with Crippen LogP contribution in [0.1, 0.15) is 34.8 Å². The molecule has 9 heteroatoms. The molecule has 0 aliphatic carbocycles. The van der Waals surface area contributed by atoms with Gasteiger partial charge in [0.1, 0.15) is 5.76 Å². The molecule has 0 atom stereocenters. The Balaban J connectivity index is 1.51. The number of hydrogen-bond donors (Lipinski definition) is 1. The molecule has 3 amide bonds. The molecule has 9 nitrogen and oxygen atoms in total. The van der Waals surface area contributed by atoms with Crippen molar-refractivity contribution in [2.45, 2.75) is 46.3 Å². The quantitative estimate of drug-likeness (QED) is 0.849. The van der Waals surface area contributed by atoms with Crippen molar-refractivity contribution in [3.63, 3.8) is 0 Å². The van der Waals surface area contributed by atoms with Gasteiger partial charge in [0.25, 0.3) is 0 Å². The van der Waals surface area contributed by atoms with Gasteiger partial charge < -0.3 is 19.6 Å². The molecule has 0 unspecified atom stereocenters. The SMILES string of the molecule is Cc1noc(C)c1CCC(=O)NCc1cc2n(n1)CCN(C(=O)N(C)C)C2. The Morgan fingerprint density at radius 3 is 2.74 bits per heavy atom. The zero-order chi connectivity index (χ0) is 19.6. The fourth-order valence-corrected chi connectivity index (χ4v) is 3.23. The second-order valence-electron chi connectivity index (χ2n) is 7.03. The number of nitrogens with one attached hydrogen (secondary N) is 1. The summed E-state index contributed by atoms with van der Waals surface area (Å²) in [5.41, 5.74) is 3.61. The summed E-state index contributed by atoms with van der Waals surface area (Å²) in [4.78, 5) is 27.6. The van der Waals surface area contributed by atoms with Crippen LogP contribution >= 0.6 is 0 Å². The molecule has 146 valence electrons. The average molecular weight is 374 g/mol. The van der Waals surface area contributed by atoms with Crippen LogP contribution in [0.2, 0.25) is 0 Å². The highest BCUT2D eigenvalue weighted by atomic mass is 16.5. The number of aromatic nitrogens is 3. The Bertz CT molecular complexity index is 819. The summed E-state index contributed by atoms with van der Waals surface area (Å²) in [5, 5.41) is 11.3. The number of amides is 3. The Kier molecular flexibility index (Phi) is 5.48. The van der Waals surface area contributed by atoms with Crippen LogP contribution in [0.4, 0.5) is 4.79 Å². The maximum Gasteiger partial charge on any atom is 0.319 e. The predicted octanol–water partition coefficient (Wildman–Crippen LogP) is 1.23. The summed E-state index contributed by atoms with van der Waals surface area (Å²) < 4.78 is 7.03. The van der Waals surface area contributed by atoms with Crippen molar-refractivity contribution in [2.75, 3.05) is 20.6 Å². The number of fused-ring (bicyclic) bond motifs is 1.